The quantitative estimate of drug-likeness (QED) is 0.391. The van der Waals surface area contributed by atoms with E-state index in [4.69, 9.17) is 4.74 Å². The lowest BCUT2D eigenvalue weighted by Crippen LogP contribution is -2.37. The predicted molar refractivity (Wildman–Crippen MR) is 143 cm³/mol. The van der Waals surface area contributed by atoms with Crippen LogP contribution in [0, 0.1) is 5.92 Å². The fourth-order valence-electron chi connectivity index (χ4n) is 5.31. The summed E-state index contributed by atoms with van der Waals surface area (Å²) in [6, 6.07) is 23.6. The third-order valence-corrected chi connectivity index (χ3v) is 7.52. The molecule has 3 atom stereocenters. The van der Waals surface area contributed by atoms with E-state index < -0.39 is 0 Å². The maximum absolute atomic E-state index is 13.3. The molecule has 0 saturated heterocycles. The van der Waals surface area contributed by atoms with Crippen molar-refractivity contribution in [3.63, 3.8) is 0 Å². The molecule has 0 aliphatic heterocycles. The summed E-state index contributed by atoms with van der Waals surface area (Å²) in [5.74, 6) is 0.818. The normalized spacial score (nSPS) is 20.0. The second-order valence-corrected chi connectivity index (χ2v) is 10.3. The molecule has 0 bridgehead atoms. The highest BCUT2D eigenvalue weighted by atomic mass is 16.6. The van der Waals surface area contributed by atoms with Crippen molar-refractivity contribution in [3.8, 4) is 5.75 Å². The van der Waals surface area contributed by atoms with Gasteiger partial charge in [0, 0.05) is 24.7 Å². The van der Waals surface area contributed by atoms with Gasteiger partial charge >= 0.3 is 6.09 Å². The molecule has 2 fully saturated rings. The summed E-state index contributed by atoms with van der Waals surface area (Å²) < 4.78 is 5.61. The number of aromatic nitrogens is 1. The Morgan fingerprint density at radius 1 is 0.946 bits per heavy atom. The van der Waals surface area contributed by atoms with E-state index in [1.54, 1.807) is 18.3 Å². The highest BCUT2D eigenvalue weighted by Gasteiger charge is 2.35. The van der Waals surface area contributed by atoms with Gasteiger partial charge < -0.3 is 15.0 Å². The van der Waals surface area contributed by atoms with Crippen molar-refractivity contribution in [2.24, 2.45) is 5.92 Å². The Labute approximate surface area is 219 Å². The lowest BCUT2D eigenvalue weighted by atomic mass is 9.75. The van der Waals surface area contributed by atoms with E-state index in [1.165, 1.54) is 5.56 Å². The zero-order valence-corrected chi connectivity index (χ0v) is 21.4. The number of benzene rings is 2. The average molecular weight is 498 g/mol. The Morgan fingerprint density at radius 2 is 1.68 bits per heavy atom. The van der Waals surface area contributed by atoms with Crippen LogP contribution < -0.4 is 10.1 Å². The van der Waals surface area contributed by atoms with Gasteiger partial charge in [0.05, 0.1) is 11.7 Å². The van der Waals surface area contributed by atoms with Crippen molar-refractivity contribution >= 4 is 12.0 Å². The summed E-state index contributed by atoms with van der Waals surface area (Å²) in [5, 5.41) is 3.20. The SMILES string of the molecule is CC(NC(=O)[C@H]1CCCC[C@@H]1c1ccc(CN(C(=O)Oc2ccccc2)C2CC2)cc1)c1ccccn1. The molecule has 0 spiro atoms. The molecule has 6 nitrogen and oxygen atoms in total. The van der Waals surface area contributed by atoms with Crippen molar-refractivity contribution in [3.05, 3.63) is 95.8 Å². The Morgan fingerprint density at radius 3 is 2.38 bits per heavy atom. The van der Waals surface area contributed by atoms with Crippen LogP contribution in [0.5, 0.6) is 5.75 Å². The van der Waals surface area contributed by atoms with Gasteiger partial charge in [-0.3, -0.25) is 9.78 Å². The maximum Gasteiger partial charge on any atom is 0.415 e. The van der Waals surface area contributed by atoms with Crippen molar-refractivity contribution < 1.29 is 14.3 Å². The molecule has 2 aliphatic rings. The van der Waals surface area contributed by atoms with Gasteiger partial charge in [0.15, 0.2) is 0 Å². The van der Waals surface area contributed by atoms with E-state index in [0.29, 0.717) is 12.3 Å². The molecule has 2 aromatic carbocycles. The highest BCUT2D eigenvalue weighted by molar-refractivity contribution is 5.80. The first-order chi connectivity index (χ1) is 18.1. The lowest BCUT2D eigenvalue weighted by molar-refractivity contribution is -0.127. The summed E-state index contributed by atoms with van der Waals surface area (Å²) >= 11 is 0. The van der Waals surface area contributed by atoms with E-state index in [1.807, 2.05) is 48.2 Å². The van der Waals surface area contributed by atoms with Crippen LogP contribution >= 0.6 is 0 Å². The molecule has 2 aliphatic carbocycles. The van der Waals surface area contributed by atoms with Crippen LogP contribution in [0.3, 0.4) is 0 Å². The number of nitrogens with one attached hydrogen (secondary N) is 1. The zero-order valence-electron chi connectivity index (χ0n) is 21.4. The van der Waals surface area contributed by atoms with Crippen molar-refractivity contribution in [1.29, 1.82) is 0 Å². The first-order valence-electron chi connectivity index (χ1n) is 13.4. The van der Waals surface area contributed by atoms with E-state index in [0.717, 1.165) is 49.8 Å². The fraction of sp³-hybridized carbons (Fsp3) is 0.387. The Kier molecular flexibility index (Phi) is 7.83. The molecule has 1 unspecified atom stereocenters. The molecule has 1 aromatic heterocycles. The zero-order chi connectivity index (χ0) is 25.6. The summed E-state index contributed by atoms with van der Waals surface area (Å²) in [6.07, 6.45) is 7.59. The topological polar surface area (TPSA) is 71.5 Å². The molecule has 2 amide bonds. The number of amides is 2. The third-order valence-electron chi connectivity index (χ3n) is 7.52. The number of para-hydroxylation sites is 1. The Balaban J connectivity index is 1.24. The molecule has 37 heavy (non-hydrogen) atoms. The van der Waals surface area contributed by atoms with Gasteiger partial charge in [0.1, 0.15) is 5.75 Å². The van der Waals surface area contributed by atoms with Gasteiger partial charge in [0.2, 0.25) is 5.91 Å². The summed E-state index contributed by atoms with van der Waals surface area (Å²) in [6.45, 7) is 2.51. The number of pyridine rings is 1. The summed E-state index contributed by atoms with van der Waals surface area (Å²) in [5.41, 5.74) is 3.14. The molecule has 3 aromatic rings. The highest BCUT2D eigenvalue weighted by Crippen LogP contribution is 2.38. The maximum atomic E-state index is 13.3. The predicted octanol–water partition coefficient (Wildman–Crippen LogP) is 6.40. The number of hydrogen-bond donors (Lipinski definition) is 1. The van der Waals surface area contributed by atoms with Gasteiger partial charge in [0.25, 0.3) is 0 Å². The van der Waals surface area contributed by atoms with Crippen molar-refractivity contribution in [2.75, 3.05) is 0 Å². The average Bonchev–Trinajstić information content (AvgIpc) is 3.78. The number of hydrogen-bond acceptors (Lipinski definition) is 4. The Hall–Kier alpha value is -3.67. The number of rotatable bonds is 8. The molecule has 1 heterocycles. The molecular formula is C31H35N3O3. The van der Waals surface area contributed by atoms with E-state index in [-0.39, 0.29) is 35.9 Å². The molecule has 1 N–H and O–H groups in total. The van der Waals surface area contributed by atoms with Gasteiger partial charge in [-0.05, 0) is 73.9 Å². The van der Waals surface area contributed by atoms with Crippen LogP contribution in [0.4, 0.5) is 4.79 Å². The number of carbonyl (C=O) groups is 2. The van der Waals surface area contributed by atoms with E-state index in [9.17, 15) is 9.59 Å². The van der Waals surface area contributed by atoms with Gasteiger partial charge in [-0.1, -0.05) is 61.4 Å². The second-order valence-electron chi connectivity index (χ2n) is 10.3. The standard InChI is InChI=1S/C31H35N3O3/c1-22(29-13-7-8-20-32-29)33-30(35)28-12-6-5-11-27(28)24-16-14-23(15-17-24)21-34(25-18-19-25)31(36)37-26-9-3-2-4-10-26/h2-4,7-10,13-17,20,22,25,27-28H,5-6,11-12,18-19,21H2,1H3,(H,33,35)/t22?,27-,28+/m1/s1. The van der Waals surface area contributed by atoms with Crippen LogP contribution in [0.15, 0.2) is 79.0 Å². The van der Waals surface area contributed by atoms with Crippen molar-refractivity contribution in [1.82, 2.24) is 15.2 Å². The monoisotopic (exact) mass is 497 g/mol. The number of ether oxygens (including phenoxy) is 1. The minimum absolute atomic E-state index is 0.0467. The Bertz CT molecular complexity index is 1180. The minimum atomic E-state index is -0.302. The smallest absolute Gasteiger partial charge is 0.410 e. The lowest BCUT2D eigenvalue weighted by Gasteiger charge is -2.32. The summed E-state index contributed by atoms with van der Waals surface area (Å²) in [4.78, 5) is 32.4. The van der Waals surface area contributed by atoms with Gasteiger partial charge in [-0.15, -0.1) is 0 Å². The van der Waals surface area contributed by atoms with Crippen LogP contribution in [-0.4, -0.2) is 27.9 Å². The summed E-state index contributed by atoms with van der Waals surface area (Å²) in [7, 11) is 0. The molecule has 5 rings (SSSR count). The van der Waals surface area contributed by atoms with E-state index >= 15 is 0 Å². The molecule has 6 heteroatoms. The second kappa shape index (κ2) is 11.6. The fourth-order valence-corrected chi connectivity index (χ4v) is 5.31. The largest absolute Gasteiger partial charge is 0.415 e. The first kappa shape index (κ1) is 25.0. The molecule has 2 saturated carbocycles. The van der Waals surface area contributed by atoms with Crippen molar-refractivity contribution in [2.45, 2.75) is 70.0 Å². The minimum Gasteiger partial charge on any atom is -0.410 e. The van der Waals surface area contributed by atoms with E-state index in [2.05, 4.69) is 34.6 Å². The van der Waals surface area contributed by atoms with Crippen LogP contribution in [0.1, 0.15) is 74.2 Å². The van der Waals surface area contributed by atoms with Crippen LogP contribution in [0.2, 0.25) is 0 Å². The van der Waals surface area contributed by atoms with Gasteiger partial charge in [-0.2, -0.15) is 0 Å². The molecule has 0 radical (unpaired) electrons. The third kappa shape index (κ3) is 6.37. The van der Waals surface area contributed by atoms with Crippen LogP contribution in [-0.2, 0) is 11.3 Å². The first-order valence-corrected chi connectivity index (χ1v) is 13.4. The van der Waals surface area contributed by atoms with Gasteiger partial charge in [-0.25, -0.2) is 4.79 Å². The molecule has 192 valence electrons. The number of carbonyl (C=O) groups excluding carboxylic acids is 2. The number of nitrogens with zero attached hydrogens (tertiary/aromatic N) is 2. The van der Waals surface area contributed by atoms with Crippen LogP contribution in [0.25, 0.3) is 0 Å². The molecular weight excluding hydrogens is 462 g/mol.